The first-order valence-electron chi connectivity index (χ1n) is 9.96. The zero-order chi connectivity index (χ0) is 22.1. The first-order chi connectivity index (χ1) is 14.1. The standard InChI is InChI=1S/C22H25ClF3N3O/c1-13(2)17-6-4-5-14(3)19(17)28-21(30)15-7-9-29(10-8-15)20-18(23)11-16(12-27-20)22(24,25)26/h4-6,11-13,15H,7-10H2,1-3H3,(H,28,30). The summed E-state index contributed by atoms with van der Waals surface area (Å²) < 4.78 is 38.4. The fourth-order valence-corrected chi connectivity index (χ4v) is 4.03. The summed E-state index contributed by atoms with van der Waals surface area (Å²) in [6.45, 7) is 7.15. The lowest BCUT2D eigenvalue weighted by atomic mass is 9.94. The Morgan fingerprint density at radius 2 is 1.93 bits per heavy atom. The predicted molar refractivity (Wildman–Crippen MR) is 113 cm³/mol. The maximum Gasteiger partial charge on any atom is 0.417 e. The molecule has 0 unspecified atom stereocenters. The highest BCUT2D eigenvalue weighted by Crippen LogP contribution is 2.35. The molecule has 2 heterocycles. The number of benzene rings is 1. The Morgan fingerprint density at radius 1 is 1.27 bits per heavy atom. The lowest BCUT2D eigenvalue weighted by Gasteiger charge is -2.33. The Hall–Kier alpha value is -2.28. The monoisotopic (exact) mass is 439 g/mol. The topological polar surface area (TPSA) is 45.2 Å². The molecule has 162 valence electrons. The van der Waals surface area contributed by atoms with Crippen molar-refractivity contribution in [1.29, 1.82) is 0 Å². The van der Waals surface area contributed by atoms with E-state index in [9.17, 15) is 18.0 Å². The fourth-order valence-electron chi connectivity index (χ4n) is 3.74. The molecule has 4 nitrogen and oxygen atoms in total. The van der Waals surface area contributed by atoms with Crippen LogP contribution in [0.5, 0.6) is 0 Å². The van der Waals surface area contributed by atoms with Gasteiger partial charge in [-0.1, -0.05) is 43.6 Å². The van der Waals surface area contributed by atoms with Gasteiger partial charge in [-0.25, -0.2) is 4.98 Å². The number of para-hydroxylation sites is 1. The van der Waals surface area contributed by atoms with E-state index in [0.29, 0.717) is 31.7 Å². The SMILES string of the molecule is Cc1cccc(C(C)C)c1NC(=O)C1CCN(c2ncc(C(F)(F)F)cc2Cl)CC1. The average Bonchev–Trinajstić information content (AvgIpc) is 2.68. The summed E-state index contributed by atoms with van der Waals surface area (Å²) in [5.41, 5.74) is 2.12. The summed E-state index contributed by atoms with van der Waals surface area (Å²) >= 11 is 6.06. The van der Waals surface area contributed by atoms with Crippen LogP contribution >= 0.6 is 11.6 Å². The molecule has 1 fully saturated rings. The van der Waals surface area contributed by atoms with E-state index in [2.05, 4.69) is 24.1 Å². The molecule has 0 aliphatic carbocycles. The normalized spacial score (nSPS) is 15.5. The number of halogens is 4. The number of rotatable bonds is 4. The van der Waals surface area contributed by atoms with Crippen LogP contribution in [-0.4, -0.2) is 24.0 Å². The Balaban J connectivity index is 1.66. The Kier molecular flexibility index (Phi) is 6.60. The number of aromatic nitrogens is 1. The van der Waals surface area contributed by atoms with Crippen molar-refractivity contribution in [2.45, 2.75) is 45.7 Å². The van der Waals surface area contributed by atoms with E-state index in [4.69, 9.17) is 11.6 Å². The van der Waals surface area contributed by atoms with E-state index in [1.807, 2.05) is 30.0 Å². The molecule has 30 heavy (non-hydrogen) atoms. The minimum atomic E-state index is -4.48. The van der Waals surface area contributed by atoms with Gasteiger partial charge >= 0.3 is 6.18 Å². The lowest BCUT2D eigenvalue weighted by Crippen LogP contribution is -2.39. The van der Waals surface area contributed by atoms with Gasteiger partial charge in [0, 0.05) is 30.9 Å². The lowest BCUT2D eigenvalue weighted by molar-refractivity contribution is -0.137. The van der Waals surface area contributed by atoms with Crippen molar-refractivity contribution < 1.29 is 18.0 Å². The first kappa shape index (κ1) is 22.4. The van der Waals surface area contributed by atoms with Gasteiger partial charge in [-0.3, -0.25) is 4.79 Å². The molecule has 1 aliphatic heterocycles. The van der Waals surface area contributed by atoms with Crippen molar-refractivity contribution in [2.24, 2.45) is 5.92 Å². The van der Waals surface area contributed by atoms with Crippen molar-refractivity contribution in [3.8, 4) is 0 Å². The Bertz CT molecular complexity index is 922. The summed E-state index contributed by atoms with van der Waals surface area (Å²) in [6, 6.07) is 6.88. The molecule has 1 aromatic carbocycles. The van der Waals surface area contributed by atoms with Crippen molar-refractivity contribution in [2.75, 3.05) is 23.3 Å². The summed E-state index contributed by atoms with van der Waals surface area (Å²) in [5, 5.41) is 3.06. The van der Waals surface area contributed by atoms with Crippen LogP contribution in [0.4, 0.5) is 24.7 Å². The number of piperidine rings is 1. The summed E-state index contributed by atoms with van der Waals surface area (Å²) in [4.78, 5) is 18.6. The fraction of sp³-hybridized carbons (Fsp3) is 0.455. The quantitative estimate of drug-likeness (QED) is 0.631. The number of amides is 1. The van der Waals surface area contributed by atoms with Gasteiger partial charge in [0.05, 0.1) is 10.6 Å². The maximum absolute atomic E-state index is 12.9. The molecular formula is C22H25ClF3N3O. The molecule has 1 saturated heterocycles. The number of hydrogen-bond donors (Lipinski definition) is 1. The van der Waals surface area contributed by atoms with Crippen LogP contribution < -0.4 is 10.2 Å². The van der Waals surface area contributed by atoms with Crippen LogP contribution in [0.3, 0.4) is 0 Å². The summed E-state index contributed by atoms with van der Waals surface area (Å²) in [7, 11) is 0. The molecule has 1 aromatic heterocycles. The molecule has 1 amide bonds. The number of carbonyl (C=O) groups is 1. The van der Waals surface area contributed by atoms with Crippen LogP contribution in [0.2, 0.25) is 5.02 Å². The van der Waals surface area contributed by atoms with Crippen LogP contribution in [0.1, 0.15) is 49.3 Å². The second-order valence-corrected chi connectivity index (χ2v) is 8.38. The molecule has 0 spiro atoms. The van der Waals surface area contributed by atoms with Crippen LogP contribution in [0.25, 0.3) is 0 Å². The second kappa shape index (κ2) is 8.84. The Morgan fingerprint density at radius 3 is 2.50 bits per heavy atom. The van der Waals surface area contributed by atoms with Crippen molar-refractivity contribution in [3.05, 3.63) is 52.2 Å². The van der Waals surface area contributed by atoms with Gasteiger partial charge in [0.2, 0.25) is 5.91 Å². The van der Waals surface area contributed by atoms with Crippen LogP contribution in [0, 0.1) is 12.8 Å². The molecule has 0 radical (unpaired) electrons. The van der Waals surface area contributed by atoms with Gasteiger partial charge in [0.1, 0.15) is 5.82 Å². The van der Waals surface area contributed by atoms with Gasteiger partial charge in [-0.2, -0.15) is 13.2 Å². The van der Waals surface area contributed by atoms with E-state index in [0.717, 1.165) is 29.1 Å². The molecule has 1 aliphatic rings. The zero-order valence-corrected chi connectivity index (χ0v) is 17.9. The number of hydrogen-bond acceptors (Lipinski definition) is 3. The second-order valence-electron chi connectivity index (χ2n) is 7.97. The number of pyridine rings is 1. The molecule has 0 atom stereocenters. The summed E-state index contributed by atoms with van der Waals surface area (Å²) in [5.74, 6) is 0.408. The first-order valence-corrected chi connectivity index (χ1v) is 10.3. The molecular weight excluding hydrogens is 415 g/mol. The van der Waals surface area contributed by atoms with Gasteiger partial charge in [0.15, 0.2) is 0 Å². The number of anilines is 2. The number of nitrogens with one attached hydrogen (secondary N) is 1. The highest BCUT2D eigenvalue weighted by Gasteiger charge is 2.33. The minimum absolute atomic E-state index is 0.0303. The zero-order valence-electron chi connectivity index (χ0n) is 17.2. The van der Waals surface area contributed by atoms with Crippen LogP contribution in [-0.2, 0) is 11.0 Å². The molecule has 0 saturated carbocycles. The predicted octanol–water partition coefficient (Wildman–Crippen LogP) is 6.04. The largest absolute Gasteiger partial charge is 0.417 e. The van der Waals surface area contributed by atoms with E-state index in [1.54, 1.807) is 0 Å². The third kappa shape index (κ3) is 4.89. The molecule has 8 heteroatoms. The van der Waals surface area contributed by atoms with Gasteiger partial charge in [-0.05, 0) is 42.9 Å². The molecule has 2 aromatic rings. The van der Waals surface area contributed by atoms with Crippen LogP contribution in [0.15, 0.2) is 30.5 Å². The Labute approximate surface area is 179 Å². The smallest absolute Gasteiger partial charge is 0.355 e. The number of alkyl halides is 3. The highest BCUT2D eigenvalue weighted by molar-refractivity contribution is 6.33. The van der Waals surface area contributed by atoms with Crippen molar-refractivity contribution >= 4 is 29.0 Å². The highest BCUT2D eigenvalue weighted by atomic mass is 35.5. The average molecular weight is 440 g/mol. The van der Waals surface area contributed by atoms with E-state index in [1.165, 1.54) is 0 Å². The number of nitrogens with zero attached hydrogens (tertiary/aromatic N) is 2. The van der Waals surface area contributed by atoms with Gasteiger partial charge < -0.3 is 10.2 Å². The third-order valence-electron chi connectivity index (χ3n) is 5.49. The van der Waals surface area contributed by atoms with Crippen molar-refractivity contribution in [3.63, 3.8) is 0 Å². The van der Waals surface area contributed by atoms with E-state index >= 15 is 0 Å². The van der Waals surface area contributed by atoms with E-state index in [-0.39, 0.29) is 22.8 Å². The molecule has 1 N–H and O–H groups in total. The minimum Gasteiger partial charge on any atom is -0.355 e. The number of aryl methyl sites for hydroxylation is 1. The molecule has 0 bridgehead atoms. The van der Waals surface area contributed by atoms with E-state index < -0.39 is 11.7 Å². The van der Waals surface area contributed by atoms with Gasteiger partial charge in [0.25, 0.3) is 0 Å². The molecule has 3 rings (SSSR count). The van der Waals surface area contributed by atoms with Gasteiger partial charge in [-0.15, -0.1) is 0 Å². The number of carbonyl (C=O) groups excluding carboxylic acids is 1. The maximum atomic E-state index is 12.9. The summed E-state index contributed by atoms with van der Waals surface area (Å²) in [6.07, 6.45) is -2.53. The third-order valence-corrected chi connectivity index (χ3v) is 5.77. The van der Waals surface area contributed by atoms with Crippen molar-refractivity contribution in [1.82, 2.24) is 4.98 Å².